The summed E-state index contributed by atoms with van der Waals surface area (Å²) in [5, 5.41) is 14.4. The number of benzene rings is 2. The van der Waals surface area contributed by atoms with Gasteiger partial charge >= 0.3 is 5.97 Å². The van der Waals surface area contributed by atoms with Gasteiger partial charge in [-0.05, 0) is 96.1 Å². The van der Waals surface area contributed by atoms with Crippen LogP contribution in [0.5, 0.6) is 5.75 Å². The highest BCUT2D eigenvalue weighted by atomic mass is 16.5. The molecule has 4 rings (SSSR count). The van der Waals surface area contributed by atoms with E-state index >= 15 is 0 Å². The minimum atomic E-state index is -1.15. The van der Waals surface area contributed by atoms with Crippen molar-refractivity contribution in [3.63, 3.8) is 0 Å². The fourth-order valence-electron chi connectivity index (χ4n) is 6.01. The molecule has 266 valence electrons. The highest BCUT2D eigenvalue weighted by Crippen LogP contribution is 2.31. The maximum absolute atomic E-state index is 13.2. The van der Waals surface area contributed by atoms with Crippen LogP contribution in [0.3, 0.4) is 0 Å². The Bertz CT molecular complexity index is 1640. The molecule has 2 aromatic carbocycles. The van der Waals surface area contributed by atoms with Crippen LogP contribution < -0.4 is 15.4 Å². The minimum Gasteiger partial charge on any atom is -0.494 e. The second-order valence-corrected chi connectivity index (χ2v) is 14.3. The van der Waals surface area contributed by atoms with Crippen LogP contribution in [0.15, 0.2) is 94.7 Å². The first kappa shape index (κ1) is 38.1. The van der Waals surface area contributed by atoms with Crippen LogP contribution in [-0.2, 0) is 15.0 Å². The highest BCUT2D eigenvalue weighted by Gasteiger charge is 2.26. The first-order chi connectivity index (χ1) is 23.9. The van der Waals surface area contributed by atoms with Gasteiger partial charge < -0.3 is 20.5 Å². The lowest BCUT2D eigenvalue weighted by atomic mass is 9.86. The number of unbranched alkanes of at least 4 members (excludes halogenated alkanes) is 4. The smallest absolute Gasteiger partial charge is 0.322 e. The van der Waals surface area contributed by atoms with Crippen LogP contribution in [0, 0.1) is 5.92 Å². The third-order valence-electron chi connectivity index (χ3n) is 9.12. The summed E-state index contributed by atoms with van der Waals surface area (Å²) in [4.78, 5) is 42.3. The van der Waals surface area contributed by atoms with Crippen LogP contribution >= 0.6 is 0 Å². The van der Waals surface area contributed by atoms with Gasteiger partial charge in [0.05, 0.1) is 12.3 Å². The van der Waals surface area contributed by atoms with Crippen molar-refractivity contribution >= 4 is 29.6 Å². The SMILES string of the molecule is CCCCCCCOc1ccc(C2=CCC(C)=C(C3=CCC(C[C@H](NC(=O)c4ccc(C(C)(C)C)cc4)C(=O)NCC(=O)O)C=C3)N=C2)cc1. The Labute approximate surface area is 297 Å². The monoisotopic (exact) mass is 679 g/mol. The summed E-state index contributed by atoms with van der Waals surface area (Å²) in [6.07, 6.45) is 18.1. The molecular weight excluding hydrogens is 626 g/mol. The summed E-state index contributed by atoms with van der Waals surface area (Å²) >= 11 is 0. The van der Waals surface area contributed by atoms with Crippen LogP contribution in [0.4, 0.5) is 0 Å². The second-order valence-electron chi connectivity index (χ2n) is 14.3. The van der Waals surface area contributed by atoms with E-state index in [1.54, 1.807) is 12.1 Å². The number of amides is 2. The second kappa shape index (κ2) is 18.3. The number of carbonyl (C=O) groups is 3. The maximum atomic E-state index is 13.2. The first-order valence-corrected chi connectivity index (χ1v) is 17.9. The Hall–Kier alpha value is -4.72. The lowest BCUT2D eigenvalue weighted by molar-refractivity contribution is -0.138. The zero-order valence-electron chi connectivity index (χ0n) is 30.3. The number of nitrogens with one attached hydrogen (secondary N) is 2. The third kappa shape index (κ3) is 11.4. The van der Waals surface area contributed by atoms with E-state index in [4.69, 9.17) is 14.8 Å². The molecule has 8 heteroatoms. The molecule has 2 aromatic rings. The van der Waals surface area contributed by atoms with Crippen molar-refractivity contribution in [2.24, 2.45) is 10.9 Å². The Kier molecular flexibility index (Phi) is 14.0. The van der Waals surface area contributed by atoms with E-state index in [-0.39, 0.29) is 17.2 Å². The molecule has 50 heavy (non-hydrogen) atoms. The number of hydrogen-bond acceptors (Lipinski definition) is 5. The van der Waals surface area contributed by atoms with E-state index in [9.17, 15) is 14.4 Å². The Balaban J connectivity index is 1.36. The van der Waals surface area contributed by atoms with Crippen molar-refractivity contribution in [1.82, 2.24) is 10.6 Å². The Morgan fingerprint density at radius 3 is 2.32 bits per heavy atom. The van der Waals surface area contributed by atoms with Crippen LogP contribution in [0.2, 0.25) is 0 Å². The molecule has 2 amide bonds. The van der Waals surface area contributed by atoms with E-state index in [0.717, 1.165) is 58.7 Å². The predicted molar refractivity (Wildman–Crippen MR) is 201 cm³/mol. The van der Waals surface area contributed by atoms with Gasteiger partial charge in [0.15, 0.2) is 0 Å². The number of aliphatic imine (C=N–C) groups is 1. The first-order valence-electron chi connectivity index (χ1n) is 17.9. The largest absolute Gasteiger partial charge is 0.494 e. The van der Waals surface area contributed by atoms with Crippen molar-refractivity contribution < 1.29 is 24.2 Å². The van der Waals surface area contributed by atoms with Crippen LogP contribution in [-0.4, -0.2) is 48.3 Å². The van der Waals surface area contributed by atoms with Gasteiger partial charge in [-0.25, -0.2) is 0 Å². The van der Waals surface area contributed by atoms with Gasteiger partial charge in [-0.3, -0.25) is 19.4 Å². The van der Waals surface area contributed by atoms with E-state index in [0.29, 0.717) is 18.4 Å². The lowest BCUT2D eigenvalue weighted by Crippen LogP contribution is -2.48. The van der Waals surface area contributed by atoms with Gasteiger partial charge in [0.25, 0.3) is 5.91 Å². The van der Waals surface area contributed by atoms with Crippen LogP contribution in [0.1, 0.15) is 107 Å². The molecule has 1 unspecified atom stereocenters. The van der Waals surface area contributed by atoms with Crippen molar-refractivity contribution in [2.75, 3.05) is 13.2 Å². The number of allylic oxidation sites excluding steroid dienone is 6. The lowest BCUT2D eigenvalue weighted by Gasteiger charge is -2.24. The van der Waals surface area contributed by atoms with Crippen LogP contribution in [0.25, 0.3) is 5.57 Å². The van der Waals surface area contributed by atoms with Gasteiger partial charge in [-0.1, -0.05) is 102 Å². The summed E-state index contributed by atoms with van der Waals surface area (Å²) in [5.74, 6) is -1.21. The van der Waals surface area contributed by atoms with Crippen molar-refractivity contribution in [1.29, 1.82) is 0 Å². The highest BCUT2D eigenvalue weighted by molar-refractivity contribution is 6.10. The zero-order valence-corrected chi connectivity index (χ0v) is 30.3. The van der Waals surface area contributed by atoms with Crippen molar-refractivity contribution in [2.45, 2.75) is 97.4 Å². The molecule has 3 N–H and O–H groups in total. The van der Waals surface area contributed by atoms with Gasteiger partial charge in [-0.2, -0.15) is 0 Å². The Morgan fingerprint density at radius 2 is 1.68 bits per heavy atom. The molecule has 0 bridgehead atoms. The summed E-state index contributed by atoms with van der Waals surface area (Å²) in [7, 11) is 0. The number of hydrogen-bond donors (Lipinski definition) is 3. The molecule has 1 heterocycles. The van der Waals surface area contributed by atoms with Gasteiger partial charge in [0, 0.05) is 11.8 Å². The summed E-state index contributed by atoms with van der Waals surface area (Å²) in [6, 6.07) is 14.6. The van der Waals surface area contributed by atoms with Gasteiger partial charge in [0.1, 0.15) is 18.3 Å². The van der Waals surface area contributed by atoms with E-state index < -0.39 is 24.5 Å². The fraction of sp³-hybridized carbons (Fsp3) is 0.429. The fourth-order valence-corrected chi connectivity index (χ4v) is 6.01. The average molecular weight is 680 g/mol. The minimum absolute atomic E-state index is 0.0377. The Morgan fingerprint density at radius 1 is 0.960 bits per heavy atom. The zero-order chi connectivity index (χ0) is 36.1. The summed E-state index contributed by atoms with van der Waals surface area (Å²) < 4.78 is 5.94. The van der Waals surface area contributed by atoms with Crippen molar-refractivity contribution in [3.05, 3.63) is 106 Å². The molecule has 2 atom stereocenters. The quantitative estimate of drug-likeness (QED) is 0.154. The molecule has 0 aromatic heterocycles. The maximum Gasteiger partial charge on any atom is 0.322 e. The standard InChI is InChI=1S/C42H53N3O5/c1-6-7-8-9-10-25-50-36-23-19-31(20-24-36)34-14-11-29(2)39(43-27-34)32-15-12-30(13-16-32)26-37(41(49)44-28-38(46)47)45-40(48)33-17-21-35(22-18-33)42(3,4)5/h12,14-24,27,30,37H,6-11,13,25-26,28H2,1-5H3,(H,44,49)(H,45,48)(H,46,47)/t30?,37-/m0/s1. The number of nitrogens with zero attached hydrogens (tertiary/aromatic N) is 1. The third-order valence-corrected chi connectivity index (χ3v) is 9.12. The van der Waals surface area contributed by atoms with Gasteiger partial charge in [0.2, 0.25) is 5.91 Å². The summed E-state index contributed by atoms with van der Waals surface area (Å²) in [6.45, 7) is 10.8. The number of carboxylic acid groups (broad SMARTS) is 1. The van der Waals surface area contributed by atoms with E-state index in [1.165, 1.54) is 25.7 Å². The molecular formula is C42H53N3O5. The van der Waals surface area contributed by atoms with E-state index in [1.807, 2.05) is 36.6 Å². The normalized spacial score (nSPS) is 16.6. The molecule has 8 nitrogen and oxygen atoms in total. The number of rotatable bonds is 16. The molecule has 0 spiro atoms. The topological polar surface area (TPSA) is 117 Å². The number of aliphatic carboxylic acids is 1. The van der Waals surface area contributed by atoms with E-state index in [2.05, 4.69) is 75.6 Å². The molecule has 1 aliphatic carbocycles. The number of ether oxygens (including phenoxy) is 1. The van der Waals surface area contributed by atoms with Crippen molar-refractivity contribution in [3.8, 4) is 5.75 Å². The molecule has 0 saturated carbocycles. The van der Waals surface area contributed by atoms with Gasteiger partial charge in [-0.15, -0.1) is 0 Å². The molecule has 0 radical (unpaired) electrons. The molecule has 0 saturated heterocycles. The average Bonchev–Trinajstić information content (AvgIpc) is 3.30. The number of carboxylic acids is 1. The molecule has 0 fully saturated rings. The molecule has 1 aliphatic heterocycles. The predicted octanol–water partition coefficient (Wildman–Crippen LogP) is 8.36. The summed E-state index contributed by atoms with van der Waals surface area (Å²) in [5.41, 5.74) is 6.72. The molecule has 2 aliphatic rings. The number of carbonyl (C=O) groups excluding carboxylic acids is 2.